The predicted octanol–water partition coefficient (Wildman–Crippen LogP) is 2.30. The Morgan fingerprint density at radius 1 is 1.35 bits per heavy atom. The number of aryl methyl sites for hydroxylation is 3. The first-order valence-corrected chi connectivity index (χ1v) is 7.00. The fourth-order valence-corrected chi connectivity index (χ4v) is 2.39. The zero-order valence-electron chi connectivity index (χ0n) is 12.6. The van der Waals surface area contributed by atoms with Crippen molar-refractivity contribution in [3.05, 3.63) is 34.5 Å². The number of benzene rings is 1. The minimum absolute atomic E-state index is 0.00200. The third-order valence-electron chi connectivity index (χ3n) is 3.90. The molecule has 20 heavy (non-hydrogen) atoms. The number of hydrogen-bond donors (Lipinski definition) is 3. The van der Waals surface area contributed by atoms with Crippen LogP contribution in [0.1, 0.15) is 29.3 Å². The van der Waals surface area contributed by atoms with Crippen molar-refractivity contribution in [3.8, 4) is 0 Å². The Morgan fingerprint density at radius 2 is 2.05 bits per heavy atom. The smallest absolute Gasteiger partial charge is 0.224 e. The summed E-state index contributed by atoms with van der Waals surface area (Å²) < 4.78 is 0. The maximum absolute atomic E-state index is 11.8. The van der Waals surface area contributed by atoms with Gasteiger partial charge in [-0.25, -0.2) is 0 Å². The van der Waals surface area contributed by atoms with Crippen LogP contribution in [0.4, 0.5) is 0 Å². The van der Waals surface area contributed by atoms with E-state index in [0.29, 0.717) is 13.1 Å². The summed E-state index contributed by atoms with van der Waals surface area (Å²) in [5, 5.41) is 4.19. The van der Waals surface area contributed by atoms with Crippen molar-refractivity contribution in [1.82, 2.24) is 10.3 Å². The molecule has 0 saturated carbocycles. The molecule has 108 valence electrons. The minimum atomic E-state index is -0.151. The van der Waals surface area contributed by atoms with Crippen LogP contribution >= 0.6 is 0 Å². The lowest BCUT2D eigenvalue weighted by Crippen LogP contribution is -2.32. The molecule has 1 aromatic heterocycles. The van der Waals surface area contributed by atoms with Crippen LogP contribution in [0.2, 0.25) is 0 Å². The third kappa shape index (κ3) is 2.70. The molecule has 4 N–H and O–H groups in total. The standard InChI is InChI=1S/C16H23N3O/c1-9-5-13(8-18-16(20)10(2)7-17)15-14(6-9)11(3)12(4)19-15/h5-6,10,19H,7-8,17H2,1-4H3,(H,18,20). The molecular weight excluding hydrogens is 250 g/mol. The number of aromatic amines is 1. The number of nitrogens with one attached hydrogen (secondary N) is 2. The Kier molecular flexibility index (Phi) is 4.14. The number of aromatic nitrogens is 1. The van der Waals surface area contributed by atoms with E-state index < -0.39 is 0 Å². The number of amides is 1. The average Bonchev–Trinajstić information content (AvgIpc) is 2.71. The molecule has 0 saturated heterocycles. The molecule has 1 atom stereocenters. The maximum Gasteiger partial charge on any atom is 0.224 e. The Labute approximate surface area is 119 Å². The summed E-state index contributed by atoms with van der Waals surface area (Å²) in [6.07, 6.45) is 0. The van der Waals surface area contributed by atoms with E-state index in [1.165, 1.54) is 22.2 Å². The van der Waals surface area contributed by atoms with E-state index in [1.54, 1.807) is 0 Å². The van der Waals surface area contributed by atoms with Gasteiger partial charge in [0.1, 0.15) is 0 Å². The van der Waals surface area contributed by atoms with E-state index in [2.05, 4.69) is 43.2 Å². The Morgan fingerprint density at radius 3 is 2.70 bits per heavy atom. The van der Waals surface area contributed by atoms with Crippen molar-refractivity contribution in [3.63, 3.8) is 0 Å². The van der Waals surface area contributed by atoms with Crippen LogP contribution in [0.3, 0.4) is 0 Å². The predicted molar refractivity (Wildman–Crippen MR) is 82.6 cm³/mol. The molecule has 1 aromatic carbocycles. The highest BCUT2D eigenvalue weighted by atomic mass is 16.1. The largest absolute Gasteiger partial charge is 0.358 e. The summed E-state index contributed by atoms with van der Waals surface area (Å²) in [6, 6.07) is 4.30. The molecule has 1 amide bonds. The van der Waals surface area contributed by atoms with Gasteiger partial charge in [-0.15, -0.1) is 0 Å². The molecule has 0 radical (unpaired) electrons. The van der Waals surface area contributed by atoms with Gasteiger partial charge in [0.15, 0.2) is 0 Å². The van der Waals surface area contributed by atoms with Crippen LogP contribution in [0, 0.1) is 26.7 Å². The van der Waals surface area contributed by atoms with Gasteiger partial charge >= 0.3 is 0 Å². The number of carbonyl (C=O) groups is 1. The molecule has 2 aromatic rings. The molecule has 0 aliphatic heterocycles. The number of fused-ring (bicyclic) bond motifs is 1. The normalized spacial score (nSPS) is 12.7. The molecule has 0 bridgehead atoms. The molecule has 4 nitrogen and oxygen atoms in total. The summed E-state index contributed by atoms with van der Waals surface area (Å²) in [5.41, 5.74) is 11.4. The number of nitrogens with two attached hydrogens (primary N) is 1. The van der Waals surface area contributed by atoms with Crippen molar-refractivity contribution in [2.75, 3.05) is 6.54 Å². The van der Waals surface area contributed by atoms with Gasteiger partial charge in [0.05, 0.1) is 5.52 Å². The van der Waals surface area contributed by atoms with E-state index in [4.69, 9.17) is 5.73 Å². The number of H-pyrrole nitrogens is 1. The topological polar surface area (TPSA) is 70.9 Å². The lowest BCUT2D eigenvalue weighted by Gasteiger charge is -2.11. The fraction of sp³-hybridized carbons (Fsp3) is 0.438. The van der Waals surface area contributed by atoms with Crippen LogP contribution in [-0.4, -0.2) is 17.4 Å². The van der Waals surface area contributed by atoms with Crippen molar-refractivity contribution < 1.29 is 4.79 Å². The molecule has 1 heterocycles. The maximum atomic E-state index is 11.8. The first-order valence-electron chi connectivity index (χ1n) is 7.00. The minimum Gasteiger partial charge on any atom is -0.358 e. The highest BCUT2D eigenvalue weighted by Gasteiger charge is 2.13. The lowest BCUT2D eigenvalue weighted by molar-refractivity contribution is -0.124. The van der Waals surface area contributed by atoms with Crippen molar-refractivity contribution in [2.45, 2.75) is 34.2 Å². The SMILES string of the molecule is Cc1cc(CNC(=O)C(C)CN)c2[nH]c(C)c(C)c2c1. The molecule has 0 spiro atoms. The third-order valence-corrected chi connectivity index (χ3v) is 3.90. The Bertz CT molecular complexity index is 643. The quantitative estimate of drug-likeness (QED) is 0.800. The molecular formula is C16H23N3O. The lowest BCUT2D eigenvalue weighted by atomic mass is 10.0. The average molecular weight is 273 g/mol. The van der Waals surface area contributed by atoms with Gasteiger partial charge in [-0.2, -0.15) is 0 Å². The Hall–Kier alpha value is -1.81. The van der Waals surface area contributed by atoms with Crippen molar-refractivity contribution in [2.24, 2.45) is 11.7 Å². The van der Waals surface area contributed by atoms with Crippen LogP contribution in [0.15, 0.2) is 12.1 Å². The van der Waals surface area contributed by atoms with E-state index in [-0.39, 0.29) is 11.8 Å². The first kappa shape index (κ1) is 14.6. The summed E-state index contributed by atoms with van der Waals surface area (Å²) in [5.74, 6) is -0.149. The first-order chi connectivity index (χ1) is 9.43. The summed E-state index contributed by atoms with van der Waals surface area (Å²) >= 11 is 0. The van der Waals surface area contributed by atoms with E-state index >= 15 is 0 Å². The van der Waals surface area contributed by atoms with Gasteiger partial charge in [0, 0.05) is 30.1 Å². The second-order valence-electron chi connectivity index (χ2n) is 5.58. The van der Waals surface area contributed by atoms with Gasteiger partial charge in [0.25, 0.3) is 0 Å². The van der Waals surface area contributed by atoms with Crippen LogP contribution < -0.4 is 11.1 Å². The van der Waals surface area contributed by atoms with Crippen LogP contribution in [0.25, 0.3) is 10.9 Å². The summed E-state index contributed by atoms with van der Waals surface area (Å²) in [6.45, 7) is 9.01. The molecule has 4 heteroatoms. The van der Waals surface area contributed by atoms with Gasteiger partial charge in [-0.3, -0.25) is 4.79 Å². The monoisotopic (exact) mass is 273 g/mol. The summed E-state index contributed by atoms with van der Waals surface area (Å²) in [4.78, 5) is 15.3. The van der Waals surface area contributed by atoms with Crippen molar-refractivity contribution in [1.29, 1.82) is 0 Å². The Balaban J connectivity index is 2.30. The second-order valence-corrected chi connectivity index (χ2v) is 5.58. The van der Waals surface area contributed by atoms with Crippen LogP contribution in [-0.2, 0) is 11.3 Å². The van der Waals surface area contributed by atoms with Gasteiger partial charge in [-0.05, 0) is 38.0 Å². The highest BCUT2D eigenvalue weighted by Crippen LogP contribution is 2.25. The zero-order valence-corrected chi connectivity index (χ0v) is 12.6. The van der Waals surface area contributed by atoms with Gasteiger partial charge < -0.3 is 16.0 Å². The highest BCUT2D eigenvalue weighted by molar-refractivity contribution is 5.88. The number of carbonyl (C=O) groups excluding carboxylic acids is 1. The van der Waals surface area contributed by atoms with Gasteiger partial charge in [-0.1, -0.05) is 18.6 Å². The fourth-order valence-electron chi connectivity index (χ4n) is 2.39. The van der Waals surface area contributed by atoms with Crippen molar-refractivity contribution >= 4 is 16.8 Å². The summed E-state index contributed by atoms with van der Waals surface area (Å²) in [7, 11) is 0. The molecule has 0 fully saturated rings. The van der Waals surface area contributed by atoms with Crippen LogP contribution in [0.5, 0.6) is 0 Å². The number of rotatable bonds is 4. The van der Waals surface area contributed by atoms with E-state index in [1.807, 2.05) is 6.92 Å². The van der Waals surface area contributed by atoms with E-state index in [0.717, 1.165) is 11.1 Å². The van der Waals surface area contributed by atoms with E-state index in [9.17, 15) is 4.79 Å². The molecule has 1 unspecified atom stereocenters. The van der Waals surface area contributed by atoms with Gasteiger partial charge in [0.2, 0.25) is 5.91 Å². The number of hydrogen-bond acceptors (Lipinski definition) is 2. The molecule has 0 aliphatic carbocycles. The zero-order chi connectivity index (χ0) is 14.9. The molecule has 0 aliphatic rings. The molecule has 2 rings (SSSR count). The second kappa shape index (κ2) is 5.67.